The van der Waals surface area contributed by atoms with Gasteiger partial charge in [-0.1, -0.05) is 6.08 Å². The van der Waals surface area contributed by atoms with Crippen molar-refractivity contribution in [3.8, 4) is 0 Å². The van der Waals surface area contributed by atoms with Crippen LogP contribution in [0.3, 0.4) is 0 Å². The molecule has 4 aliphatic heterocycles. The Labute approximate surface area is 411 Å². The molecule has 27 heteroatoms. The molecule has 27 nitrogen and oxygen atoms in total. The van der Waals surface area contributed by atoms with E-state index < -0.39 is 203 Å². The molecule has 0 aromatic carbocycles. The van der Waals surface area contributed by atoms with Crippen LogP contribution in [0.1, 0.15) is 64.2 Å². The van der Waals surface area contributed by atoms with Crippen molar-refractivity contribution in [3.63, 3.8) is 0 Å². The number of carbonyl (C=O) groups excluding carboxylic acids is 2. The SMILES string of the molecule is O=C(O)CC(=O)OC[C@H]1O[C@@H](OC2CC3C(O)CC(O[C@@H]4O[C@H](COC(=O)C=CC5CCC(O)C(O)C5)[C@@H](O)[C@H](O)[C@H]4O)CC3[OH+]C2C2CCC(O)C(O[C@@H]3O[C@H](CO)[C@@H](O)[C@H](O)[C@H]3O)C2)[C@H](O)[C@@H](O)[C@@H]1O. The van der Waals surface area contributed by atoms with Crippen LogP contribution in [0, 0.1) is 17.8 Å². The van der Waals surface area contributed by atoms with Crippen molar-refractivity contribution in [2.24, 2.45) is 17.8 Å². The Morgan fingerprint density at radius 3 is 1.69 bits per heavy atom. The number of ether oxygens (including phenoxy) is 9. The quantitative estimate of drug-likeness (QED) is 0.0296. The third kappa shape index (κ3) is 13.5. The number of aliphatic hydroxyl groups excluding tert-OH is 14. The Hall–Kier alpha value is -2.69. The third-order valence-corrected chi connectivity index (χ3v) is 15.1. The maximum atomic E-state index is 12.6. The first-order valence-corrected chi connectivity index (χ1v) is 24.4. The zero-order chi connectivity index (χ0) is 52.3. The van der Waals surface area contributed by atoms with Gasteiger partial charge < -0.3 is 119 Å². The van der Waals surface area contributed by atoms with Crippen molar-refractivity contribution in [3.05, 3.63) is 12.2 Å². The van der Waals surface area contributed by atoms with Crippen LogP contribution in [0.4, 0.5) is 0 Å². The van der Waals surface area contributed by atoms with Gasteiger partial charge in [0.2, 0.25) is 0 Å². The Morgan fingerprint density at radius 1 is 0.542 bits per heavy atom. The second kappa shape index (κ2) is 25.0. The minimum absolute atomic E-state index is 0.00608. The average Bonchev–Trinajstić information content (AvgIpc) is 3.34. The van der Waals surface area contributed by atoms with Crippen LogP contribution in [-0.2, 0) is 52.3 Å². The lowest BCUT2D eigenvalue weighted by molar-refractivity contribution is -0.364. The van der Waals surface area contributed by atoms with Gasteiger partial charge in [0.15, 0.2) is 31.1 Å². The second-order valence-electron chi connectivity index (χ2n) is 20.1. The molecule has 7 aliphatic rings. The van der Waals surface area contributed by atoms with Gasteiger partial charge >= 0.3 is 17.9 Å². The van der Waals surface area contributed by atoms with Crippen molar-refractivity contribution in [1.82, 2.24) is 0 Å². The molecule has 12 unspecified atom stereocenters. The fourth-order valence-electron chi connectivity index (χ4n) is 10.9. The number of rotatable bonds is 16. The number of carbonyl (C=O) groups is 3. The molecule has 0 amide bonds. The molecule has 72 heavy (non-hydrogen) atoms. The molecule has 16 N–H and O–H groups in total. The summed E-state index contributed by atoms with van der Waals surface area (Å²) in [6, 6.07) is 0. The largest absolute Gasteiger partial charge is 0.481 e. The van der Waals surface area contributed by atoms with Crippen molar-refractivity contribution in [2.45, 2.75) is 211 Å². The molecule has 3 aliphatic carbocycles. The van der Waals surface area contributed by atoms with Crippen LogP contribution in [-0.4, -0.2) is 266 Å². The standard InChI is InChI=1S/C45H70O27/c46-13-27-33(55)36(58)40(62)44(70-27)68-25-8-17(3-5-21(25)48)42-26(69-45-41(63)38(60)35(57)29(72-45)15-65-32(54)12-30(51)52)11-19-22(49)9-18(10-24(19)67-42)66-43-39(61)37(59)34(56)28(71-43)14-64-31(53)6-2-16-1-4-20(47)23(50)7-16/h2,6,16-29,33-50,55-63H,1,3-5,7-15H2,(H,51,52)/p+1/t16?,17?,18?,19?,20?,21?,22?,23?,24?,25?,26?,27-,28-,29-,33-,34-,35-,36+,37+,38+,39-,40-,41-,42?,43-,44-,45-/m1/s1. The van der Waals surface area contributed by atoms with Crippen molar-refractivity contribution in [2.75, 3.05) is 19.8 Å². The maximum absolute atomic E-state index is 12.6. The number of aliphatic carboxylic acids is 1. The first kappa shape index (κ1) is 57.0. The lowest BCUT2D eigenvalue weighted by Crippen LogP contribution is -2.64. The lowest BCUT2D eigenvalue weighted by atomic mass is 9.72. The van der Waals surface area contributed by atoms with E-state index in [9.17, 15) is 85.9 Å². The van der Waals surface area contributed by atoms with E-state index in [1.54, 1.807) is 0 Å². The smallest absolute Gasteiger partial charge is 0.330 e. The number of allylic oxidation sites excluding steroid dienone is 1. The molecule has 0 aromatic rings. The number of fused-ring (bicyclic) bond motifs is 1. The molecule has 0 bridgehead atoms. The van der Waals surface area contributed by atoms with Crippen LogP contribution in [0.2, 0.25) is 0 Å². The van der Waals surface area contributed by atoms with Gasteiger partial charge in [-0.25, -0.2) is 4.79 Å². The number of aliphatic hydroxyl groups is 16. The van der Waals surface area contributed by atoms with E-state index in [4.69, 9.17) is 47.7 Å². The summed E-state index contributed by atoms with van der Waals surface area (Å²) < 4.78 is 51.0. The molecular weight excluding hydrogens is 972 g/mol. The van der Waals surface area contributed by atoms with E-state index in [1.165, 1.54) is 6.08 Å². The fourth-order valence-corrected chi connectivity index (χ4v) is 10.9. The van der Waals surface area contributed by atoms with Gasteiger partial charge in [-0.05, 0) is 50.9 Å². The Balaban J connectivity index is 1.05. The van der Waals surface area contributed by atoms with E-state index in [-0.39, 0.29) is 50.9 Å². The highest BCUT2D eigenvalue weighted by atomic mass is 16.7. The lowest BCUT2D eigenvalue weighted by Gasteiger charge is -2.50. The van der Waals surface area contributed by atoms with Gasteiger partial charge in [-0.3, -0.25) is 9.59 Å². The summed E-state index contributed by atoms with van der Waals surface area (Å²) in [7, 11) is 0. The summed E-state index contributed by atoms with van der Waals surface area (Å²) in [5.41, 5.74) is 0. The summed E-state index contributed by atoms with van der Waals surface area (Å²) in [6.07, 6.45) is -31.2. The van der Waals surface area contributed by atoms with E-state index in [0.29, 0.717) is 12.8 Å². The number of hydrogen-bond donors (Lipinski definition) is 15. The number of esters is 2. The summed E-state index contributed by atoms with van der Waals surface area (Å²) in [4.78, 5) is 35.6. The molecule has 0 aromatic heterocycles. The zero-order valence-corrected chi connectivity index (χ0v) is 39.1. The van der Waals surface area contributed by atoms with Gasteiger partial charge in [-0.15, -0.1) is 0 Å². The van der Waals surface area contributed by atoms with Crippen LogP contribution >= 0.6 is 0 Å². The number of carboxylic acids is 1. The van der Waals surface area contributed by atoms with Gasteiger partial charge in [0, 0.05) is 24.8 Å². The van der Waals surface area contributed by atoms with Crippen molar-refractivity contribution >= 4 is 17.9 Å². The molecule has 27 atom stereocenters. The summed E-state index contributed by atoms with van der Waals surface area (Å²) in [5, 5.41) is 158. The maximum Gasteiger partial charge on any atom is 0.330 e. The summed E-state index contributed by atoms with van der Waals surface area (Å²) >= 11 is 0. The molecular formula is C45H71O27+. The van der Waals surface area contributed by atoms with Gasteiger partial charge in [0.1, 0.15) is 99.0 Å². The van der Waals surface area contributed by atoms with Crippen LogP contribution < -0.4 is 0 Å². The predicted octanol–water partition coefficient (Wildman–Crippen LogP) is -7.20. The van der Waals surface area contributed by atoms with Gasteiger partial charge in [0.25, 0.3) is 0 Å². The minimum atomic E-state index is -1.92. The summed E-state index contributed by atoms with van der Waals surface area (Å²) in [5.74, 6) is -4.93. The van der Waals surface area contributed by atoms with Gasteiger partial charge in [0.05, 0.1) is 49.1 Å². The van der Waals surface area contributed by atoms with Crippen molar-refractivity contribution < 1.29 is 134 Å². The number of hydrogen-bond acceptors (Lipinski definition) is 25. The predicted molar refractivity (Wildman–Crippen MR) is 231 cm³/mol. The van der Waals surface area contributed by atoms with Crippen LogP contribution in [0.15, 0.2) is 12.2 Å². The highest BCUT2D eigenvalue weighted by Crippen LogP contribution is 2.44. The topological polar surface area (TPSA) is 441 Å². The molecule has 7 fully saturated rings. The first-order valence-electron chi connectivity index (χ1n) is 24.4. The van der Waals surface area contributed by atoms with E-state index in [0.717, 1.165) is 6.08 Å². The highest BCUT2D eigenvalue weighted by molar-refractivity contribution is 5.90. The monoisotopic (exact) mass is 1040 g/mol. The Morgan fingerprint density at radius 2 is 1.10 bits per heavy atom. The fraction of sp³-hybridized carbons (Fsp3) is 0.889. The highest BCUT2D eigenvalue weighted by Gasteiger charge is 2.57. The minimum Gasteiger partial charge on any atom is -0.481 e. The van der Waals surface area contributed by atoms with Crippen molar-refractivity contribution in [1.29, 1.82) is 0 Å². The van der Waals surface area contributed by atoms with E-state index in [1.807, 2.05) is 0 Å². The molecule has 3 saturated carbocycles. The molecule has 4 saturated heterocycles. The molecule has 412 valence electrons. The van der Waals surface area contributed by atoms with Crippen LogP contribution in [0.25, 0.3) is 0 Å². The Bertz CT molecular complexity index is 1810. The summed E-state index contributed by atoms with van der Waals surface area (Å²) in [6.45, 7) is -2.05. The third-order valence-electron chi connectivity index (χ3n) is 15.1. The molecule has 0 radical (unpaired) electrons. The van der Waals surface area contributed by atoms with E-state index in [2.05, 4.69) is 0 Å². The normalized spacial score (nSPS) is 48.1. The molecule has 4 heterocycles. The molecule has 7 rings (SSSR count). The van der Waals surface area contributed by atoms with Gasteiger partial charge in [-0.2, -0.15) is 0 Å². The second-order valence-corrected chi connectivity index (χ2v) is 20.1. The zero-order valence-electron chi connectivity index (χ0n) is 39.1. The van der Waals surface area contributed by atoms with E-state index >= 15 is 0 Å². The first-order chi connectivity index (χ1) is 34.1. The van der Waals surface area contributed by atoms with Crippen LogP contribution in [0.5, 0.6) is 0 Å². The Kier molecular flexibility index (Phi) is 19.8. The number of carboxylic acid groups (broad SMARTS) is 1. The molecule has 0 spiro atoms. The average molecular weight is 1040 g/mol.